The molecule has 0 spiro atoms. The third-order valence-corrected chi connectivity index (χ3v) is 5.53. The number of hydrogen-bond acceptors (Lipinski definition) is 4. The van der Waals surface area contributed by atoms with E-state index < -0.39 is 23.1 Å². The first-order valence-electron chi connectivity index (χ1n) is 8.28. The fourth-order valence-corrected chi connectivity index (χ4v) is 3.46. The van der Waals surface area contributed by atoms with Gasteiger partial charge in [-0.3, -0.25) is 4.79 Å². The predicted octanol–water partition coefficient (Wildman–Crippen LogP) is 4.81. The predicted molar refractivity (Wildman–Crippen MR) is 94.9 cm³/mol. The number of carboxylic acids is 1. The second kappa shape index (κ2) is 8.18. The summed E-state index contributed by atoms with van der Waals surface area (Å²) in [6.07, 6.45) is -3.30. The van der Waals surface area contributed by atoms with Crippen LogP contribution in [0, 0.1) is 5.41 Å². The van der Waals surface area contributed by atoms with E-state index in [2.05, 4.69) is 10.3 Å². The molecule has 1 aromatic heterocycles. The van der Waals surface area contributed by atoms with E-state index in [0.717, 1.165) is 17.8 Å². The number of thiazole rings is 1. The van der Waals surface area contributed by atoms with Crippen molar-refractivity contribution in [2.24, 2.45) is 5.41 Å². The molecule has 0 bridgehead atoms. The van der Waals surface area contributed by atoms with Gasteiger partial charge in [0.05, 0.1) is 16.7 Å². The molecule has 0 atom stereocenters. The summed E-state index contributed by atoms with van der Waals surface area (Å²) in [5.74, 6) is -0.821. The second-order valence-corrected chi connectivity index (χ2v) is 6.97. The highest BCUT2D eigenvalue weighted by molar-refractivity contribution is 7.13. The number of aliphatic carboxylic acids is 1. The van der Waals surface area contributed by atoms with Gasteiger partial charge >= 0.3 is 12.1 Å². The number of carbonyl (C=O) groups is 1. The number of aromatic nitrogens is 1. The Bertz CT molecular complexity index is 738. The maximum Gasteiger partial charge on any atom is 0.416 e. The van der Waals surface area contributed by atoms with Gasteiger partial charge in [-0.25, -0.2) is 4.98 Å². The summed E-state index contributed by atoms with van der Waals surface area (Å²) in [5.41, 5.74) is -0.136. The molecule has 8 heteroatoms. The van der Waals surface area contributed by atoms with Gasteiger partial charge in [-0.05, 0) is 25.0 Å². The lowest BCUT2D eigenvalue weighted by molar-refractivity contribution is -0.149. The number of carboxylic acid groups (broad SMARTS) is 1. The topological polar surface area (TPSA) is 62.2 Å². The summed E-state index contributed by atoms with van der Waals surface area (Å²) in [7, 11) is 0. The summed E-state index contributed by atoms with van der Waals surface area (Å²) < 4.78 is 37.8. The number of hydrogen-bond donors (Lipinski definition) is 2. The van der Waals surface area contributed by atoms with Gasteiger partial charge in [-0.1, -0.05) is 26.0 Å². The molecule has 2 rings (SSSR count). The molecule has 0 aliphatic carbocycles. The first-order chi connectivity index (χ1) is 12.2. The van der Waals surface area contributed by atoms with Gasteiger partial charge in [0.1, 0.15) is 5.01 Å². The molecular formula is C18H21F3N2O2S. The van der Waals surface area contributed by atoms with Crippen molar-refractivity contribution in [3.8, 4) is 10.6 Å². The van der Waals surface area contributed by atoms with Crippen molar-refractivity contribution in [3.05, 3.63) is 40.9 Å². The molecule has 0 aliphatic rings. The van der Waals surface area contributed by atoms with Crippen molar-refractivity contribution < 1.29 is 23.1 Å². The Balaban J connectivity index is 2.01. The second-order valence-electron chi connectivity index (χ2n) is 6.12. The average Bonchev–Trinajstić information content (AvgIpc) is 3.07. The first-order valence-corrected chi connectivity index (χ1v) is 9.16. The van der Waals surface area contributed by atoms with Crippen LogP contribution in [0.4, 0.5) is 13.2 Å². The normalized spacial score (nSPS) is 12.3. The number of rotatable bonds is 8. The van der Waals surface area contributed by atoms with Crippen LogP contribution in [-0.4, -0.2) is 22.6 Å². The summed E-state index contributed by atoms with van der Waals surface area (Å²) in [6.45, 7) is 4.45. The average molecular weight is 386 g/mol. The first kappa shape index (κ1) is 20.4. The van der Waals surface area contributed by atoms with Crippen molar-refractivity contribution in [2.75, 3.05) is 6.54 Å². The van der Waals surface area contributed by atoms with Gasteiger partial charge < -0.3 is 10.4 Å². The molecule has 2 N–H and O–H groups in total. The summed E-state index contributed by atoms with van der Waals surface area (Å²) in [5, 5.41) is 15.0. The molecule has 142 valence electrons. The molecule has 0 unspecified atom stereocenters. The smallest absolute Gasteiger partial charge is 0.416 e. The zero-order valence-electron chi connectivity index (χ0n) is 14.6. The van der Waals surface area contributed by atoms with Gasteiger partial charge in [0.15, 0.2) is 0 Å². The standard InChI is InChI=1S/C18H21F3N2O2S/c1-3-17(4-2,16(24)25)11-22-9-14-10-26-15(23-14)12-5-7-13(8-6-12)18(19,20)21/h5-8,10,22H,3-4,9,11H2,1-2H3,(H,24,25). The molecule has 1 aromatic carbocycles. The van der Waals surface area contributed by atoms with Crippen molar-refractivity contribution in [1.29, 1.82) is 0 Å². The number of benzene rings is 1. The van der Waals surface area contributed by atoms with Crippen LogP contribution >= 0.6 is 11.3 Å². The molecule has 1 heterocycles. The van der Waals surface area contributed by atoms with Crippen LogP contribution in [0.2, 0.25) is 0 Å². The van der Waals surface area contributed by atoms with Crippen LogP contribution in [0.25, 0.3) is 10.6 Å². The van der Waals surface area contributed by atoms with Crippen molar-refractivity contribution >= 4 is 17.3 Å². The van der Waals surface area contributed by atoms with Gasteiger partial charge in [0, 0.05) is 24.0 Å². The van der Waals surface area contributed by atoms with Crippen LogP contribution in [0.5, 0.6) is 0 Å². The van der Waals surface area contributed by atoms with Crippen LogP contribution in [0.1, 0.15) is 37.9 Å². The summed E-state index contributed by atoms with van der Waals surface area (Å²) >= 11 is 1.34. The monoisotopic (exact) mass is 386 g/mol. The summed E-state index contributed by atoms with van der Waals surface area (Å²) in [4.78, 5) is 15.9. The van der Waals surface area contributed by atoms with Gasteiger partial charge in [-0.15, -0.1) is 11.3 Å². The highest BCUT2D eigenvalue weighted by Gasteiger charge is 2.34. The van der Waals surface area contributed by atoms with Crippen molar-refractivity contribution in [3.63, 3.8) is 0 Å². The van der Waals surface area contributed by atoms with Crippen LogP contribution in [0.3, 0.4) is 0 Å². The third-order valence-electron chi connectivity index (χ3n) is 4.59. The van der Waals surface area contributed by atoms with E-state index >= 15 is 0 Å². The fourth-order valence-electron chi connectivity index (χ4n) is 2.63. The highest BCUT2D eigenvalue weighted by Crippen LogP contribution is 2.32. The molecule has 0 aliphatic heterocycles. The van der Waals surface area contributed by atoms with E-state index in [1.807, 2.05) is 19.2 Å². The zero-order valence-corrected chi connectivity index (χ0v) is 15.4. The molecule has 0 amide bonds. The minimum Gasteiger partial charge on any atom is -0.481 e. The van der Waals surface area contributed by atoms with Crippen LogP contribution < -0.4 is 5.32 Å². The van der Waals surface area contributed by atoms with Crippen molar-refractivity contribution in [1.82, 2.24) is 10.3 Å². The lowest BCUT2D eigenvalue weighted by atomic mass is 9.82. The molecule has 2 aromatic rings. The van der Waals surface area contributed by atoms with E-state index in [9.17, 15) is 23.1 Å². The Morgan fingerprint density at radius 1 is 1.19 bits per heavy atom. The van der Waals surface area contributed by atoms with E-state index in [-0.39, 0.29) is 0 Å². The Morgan fingerprint density at radius 3 is 2.31 bits per heavy atom. The van der Waals surface area contributed by atoms with Crippen molar-refractivity contribution in [2.45, 2.75) is 39.4 Å². The molecule has 26 heavy (non-hydrogen) atoms. The minimum atomic E-state index is -4.36. The number of alkyl halides is 3. The van der Waals surface area contributed by atoms with E-state index in [4.69, 9.17) is 0 Å². The minimum absolute atomic E-state index is 0.336. The largest absolute Gasteiger partial charge is 0.481 e. The van der Waals surface area contributed by atoms with Crippen LogP contribution in [-0.2, 0) is 17.5 Å². The molecule has 0 saturated heterocycles. The Kier molecular flexibility index (Phi) is 6.41. The van der Waals surface area contributed by atoms with Gasteiger partial charge in [-0.2, -0.15) is 13.2 Å². The third kappa shape index (κ3) is 4.62. The van der Waals surface area contributed by atoms with Gasteiger partial charge in [0.25, 0.3) is 0 Å². The SMILES string of the molecule is CCC(CC)(CNCc1csc(-c2ccc(C(F)(F)F)cc2)n1)C(=O)O. The number of nitrogens with zero attached hydrogens (tertiary/aromatic N) is 1. The lowest BCUT2D eigenvalue weighted by Gasteiger charge is -2.26. The molecular weight excluding hydrogens is 365 g/mol. The Labute approximate surface area is 154 Å². The van der Waals surface area contributed by atoms with E-state index in [1.165, 1.54) is 23.5 Å². The van der Waals surface area contributed by atoms with E-state index in [1.54, 1.807) is 0 Å². The highest BCUT2D eigenvalue weighted by atomic mass is 32.1. The molecule has 4 nitrogen and oxygen atoms in total. The fraction of sp³-hybridized carbons (Fsp3) is 0.444. The van der Waals surface area contributed by atoms with E-state index in [0.29, 0.717) is 36.5 Å². The molecule has 0 saturated carbocycles. The zero-order chi connectivity index (χ0) is 19.4. The maximum atomic E-state index is 12.6. The maximum absolute atomic E-state index is 12.6. The summed E-state index contributed by atoms with van der Waals surface area (Å²) in [6, 6.07) is 4.89. The Hall–Kier alpha value is -1.93. The van der Waals surface area contributed by atoms with Gasteiger partial charge in [0.2, 0.25) is 0 Å². The molecule has 0 fully saturated rings. The Morgan fingerprint density at radius 2 is 1.81 bits per heavy atom. The van der Waals surface area contributed by atoms with Crippen LogP contribution in [0.15, 0.2) is 29.6 Å². The molecule has 0 radical (unpaired) electrons. The number of nitrogens with one attached hydrogen (secondary N) is 1. The number of halogens is 3. The lowest BCUT2D eigenvalue weighted by Crippen LogP contribution is -2.40. The quantitative estimate of drug-likeness (QED) is 0.683.